The maximum absolute atomic E-state index is 11.7. The van der Waals surface area contributed by atoms with Gasteiger partial charge < -0.3 is 10.5 Å². The zero-order valence-corrected chi connectivity index (χ0v) is 9.89. The Morgan fingerprint density at radius 3 is 2.94 bits per heavy atom. The third-order valence-electron chi connectivity index (χ3n) is 1.70. The second-order valence-electron chi connectivity index (χ2n) is 2.75. The van der Waals surface area contributed by atoms with Crippen molar-refractivity contribution < 1.29 is 9.53 Å². The molecule has 0 aromatic carbocycles. The first-order valence-corrected chi connectivity index (χ1v) is 5.91. The molecule has 16 heavy (non-hydrogen) atoms. The van der Waals surface area contributed by atoms with E-state index in [0.717, 1.165) is 11.3 Å². The van der Waals surface area contributed by atoms with Crippen LogP contribution >= 0.6 is 22.7 Å². The smallest absolute Gasteiger partial charge is 0.267 e. The Morgan fingerprint density at radius 2 is 2.38 bits per heavy atom. The van der Waals surface area contributed by atoms with Gasteiger partial charge >= 0.3 is 0 Å². The third-order valence-corrected chi connectivity index (χ3v) is 3.27. The van der Waals surface area contributed by atoms with E-state index in [9.17, 15) is 4.79 Å². The van der Waals surface area contributed by atoms with E-state index in [1.165, 1.54) is 11.3 Å². The number of nitrogens with one attached hydrogen (secondary N) is 1. The molecule has 0 radical (unpaired) electrons. The molecule has 0 saturated heterocycles. The average molecular weight is 256 g/mol. The number of carbonyl (C=O) groups excluding carboxylic acids is 1. The third kappa shape index (κ3) is 2.28. The second kappa shape index (κ2) is 4.45. The lowest BCUT2D eigenvalue weighted by molar-refractivity contribution is 0.103. The summed E-state index contributed by atoms with van der Waals surface area (Å²) in [6, 6.07) is 1.66. The number of methoxy groups -OCH3 is 1. The molecule has 2 heterocycles. The normalized spacial score (nSPS) is 10.1. The fourth-order valence-electron chi connectivity index (χ4n) is 0.989. The number of anilines is 2. The maximum atomic E-state index is 11.7. The van der Waals surface area contributed by atoms with Crippen molar-refractivity contribution in [3.05, 3.63) is 16.3 Å². The van der Waals surface area contributed by atoms with Gasteiger partial charge in [0.2, 0.25) is 10.3 Å². The van der Waals surface area contributed by atoms with Crippen LogP contribution in [0.4, 0.5) is 10.3 Å². The van der Waals surface area contributed by atoms with Crippen molar-refractivity contribution in [2.75, 3.05) is 18.2 Å². The van der Waals surface area contributed by atoms with Gasteiger partial charge in [-0.3, -0.25) is 10.1 Å². The van der Waals surface area contributed by atoms with E-state index >= 15 is 0 Å². The van der Waals surface area contributed by atoms with Gasteiger partial charge in [-0.1, -0.05) is 11.3 Å². The number of carbonyl (C=O) groups is 1. The number of nitrogens with two attached hydrogens (primary N) is 1. The van der Waals surface area contributed by atoms with Gasteiger partial charge in [0.25, 0.3) is 5.91 Å². The van der Waals surface area contributed by atoms with Gasteiger partial charge in [-0.2, -0.15) is 0 Å². The van der Waals surface area contributed by atoms with E-state index in [2.05, 4.69) is 15.5 Å². The lowest BCUT2D eigenvalue weighted by Crippen LogP contribution is -2.09. The maximum Gasteiger partial charge on any atom is 0.267 e. The van der Waals surface area contributed by atoms with Crippen LogP contribution in [-0.4, -0.2) is 23.2 Å². The number of amides is 1. The van der Waals surface area contributed by atoms with Crippen molar-refractivity contribution in [1.82, 2.24) is 10.2 Å². The van der Waals surface area contributed by atoms with Crippen molar-refractivity contribution >= 4 is 38.8 Å². The van der Waals surface area contributed by atoms with Crippen LogP contribution in [0.15, 0.2) is 11.4 Å². The van der Waals surface area contributed by atoms with Crippen molar-refractivity contribution in [2.45, 2.75) is 0 Å². The number of ether oxygens (including phenoxy) is 1. The molecule has 84 valence electrons. The molecule has 0 aliphatic heterocycles. The van der Waals surface area contributed by atoms with Crippen molar-refractivity contribution in [1.29, 1.82) is 0 Å². The van der Waals surface area contributed by atoms with E-state index in [4.69, 9.17) is 10.5 Å². The lowest BCUT2D eigenvalue weighted by atomic mass is 10.4. The van der Waals surface area contributed by atoms with Crippen LogP contribution < -0.4 is 15.8 Å². The monoisotopic (exact) mass is 256 g/mol. The molecule has 2 aromatic heterocycles. The molecule has 8 heteroatoms. The topological polar surface area (TPSA) is 90.1 Å². The van der Waals surface area contributed by atoms with Gasteiger partial charge in [-0.05, 0) is 0 Å². The van der Waals surface area contributed by atoms with Crippen LogP contribution in [0.3, 0.4) is 0 Å². The van der Waals surface area contributed by atoms with E-state index < -0.39 is 0 Å². The molecule has 2 rings (SSSR count). The SMILES string of the molecule is COc1csc(C(=O)Nc2nnc(N)s2)c1. The largest absolute Gasteiger partial charge is 0.496 e. The van der Waals surface area contributed by atoms with E-state index in [0.29, 0.717) is 20.9 Å². The first kappa shape index (κ1) is 10.8. The summed E-state index contributed by atoms with van der Waals surface area (Å²) in [5.41, 5.74) is 5.39. The summed E-state index contributed by atoms with van der Waals surface area (Å²) >= 11 is 2.42. The van der Waals surface area contributed by atoms with Gasteiger partial charge in [-0.15, -0.1) is 21.5 Å². The summed E-state index contributed by atoms with van der Waals surface area (Å²) in [5.74, 6) is 0.413. The minimum absolute atomic E-state index is 0.246. The number of nitrogen functional groups attached to an aromatic ring is 1. The van der Waals surface area contributed by atoms with Crippen LogP contribution in [-0.2, 0) is 0 Å². The second-order valence-corrected chi connectivity index (χ2v) is 4.67. The van der Waals surface area contributed by atoms with Gasteiger partial charge in [0.1, 0.15) is 5.75 Å². The molecule has 0 spiro atoms. The highest BCUT2D eigenvalue weighted by atomic mass is 32.1. The molecule has 3 N–H and O–H groups in total. The Balaban J connectivity index is 2.08. The Hall–Kier alpha value is -1.67. The molecule has 2 aromatic rings. The molecular weight excluding hydrogens is 248 g/mol. The summed E-state index contributed by atoms with van der Waals surface area (Å²) in [7, 11) is 1.55. The number of nitrogens with zero attached hydrogens (tertiary/aromatic N) is 2. The molecular formula is C8H8N4O2S2. The van der Waals surface area contributed by atoms with Crippen LogP contribution in [0.5, 0.6) is 5.75 Å². The number of hydrogen-bond donors (Lipinski definition) is 2. The number of aromatic nitrogens is 2. The molecule has 6 nitrogen and oxygen atoms in total. The summed E-state index contributed by atoms with van der Waals surface area (Å²) < 4.78 is 4.98. The quantitative estimate of drug-likeness (QED) is 0.867. The van der Waals surface area contributed by atoms with Crippen molar-refractivity contribution in [3.8, 4) is 5.75 Å². The van der Waals surface area contributed by atoms with E-state index in [1.807, 2.05) is 0 Å². The molecule has 0 atom stereocenters. The highest BCUT2D eigenvalue weighted by molar-refractivity contribution is 7.19. The van der Waals surface area contributed by atoms with E-state index in [-0.39, 0.29) is 5.91 Å². The van der Waals surface area contributed by atoms with Crippen molar-refractivity contribution in [3.63, 3.8) is 0 Å². The minimum atomic E-state index is -0.246. The summed E-state index contributed by atoms with van der Waals surface area (Å²) in [6.45, 7) is 0. The van der Waals surface area contributed by atoms with Gasteiger partial charge in [0.05, 0.1) is 12.0 Å². The fourth-order valence-corrected chi connectivity index (χ4v) is 2.24. The van der Waals surface area contributed by atoms with Crippen LogP contribution in [0.2, 0.25) is 0 Å². The number of rotatable bonds is 3. The molecule has 0 saturated carbocycles. The minimum Gasteiger partial charge on any atom is -0.496 e. The van der Waals surface area contributed by atoms with Gasteiger partial charge in [-0.25, -0.2) is 0 Å². The molecule has 0 aliphatic carbocycles. The lowest BCUT2D eigenvalue weighted by Gasteiger charge is -1.96. The molecule has 1 amide bonds. The van der Waals surface area contributed by atoms with Crippen LogP contribution in [0, 0.1) is 0 Å². The summed E-state index contributed by atoms with van der Waals surface area (Å²) in [4.78, 5) is 12.2. The zero-order chi connectivity index (χ0) is 11.5. The highest BCUT2D eigenvalue weighted by Crippen LogP contribution is 2.23. The first-order valence-electron chi connectivity index (χ1n) is 4.22. The summed E-state index contributed by atoms with van der Waals surface area (Å²) in [5, 5.41) is 12.3. The Bertz CT molecular complexity index is 508. The molecule has 0 unspecified atom stereocenters. The Kier molecular flexibility index (Phi) is 3.02. The predicted molar refractivity (Wildman–Crippen MR) is 63.1 cm³/mol. The van der Waals surface area contributed by atoms with Crippen LogP contribution in [0.25, 0.3) is 0 Å². The zero-order valence-electron chi connectivity index (χ0n) is 8.26. The van der Waals surface area contributed by atoms with Crippen LogP contribution in [0.1, 0.15) is 9.67 Å². The first-order chi connectivity index (χ1) is 7.69. The predicted octanol–water partition coefficient (Wildman–Crippen LogP) is 1.44. The van der Waals surface area contributed by atoms with Crippen molar-refractivity contribution in [2.24, 2.45) is 0 Å². The fraction of sp³-hybridized carbons (Fsp3) is 0.125. The Labute approximate surface area is 99.1 Å². The standard InChI is InChI=1S/C8H8N4O2S2/c1-14-4-2-5(15-3-4)6(13)10-8-12-11-7(9)16-8/h2-3H,1H3,(H2,9,11)(H,10,12,13). The number of thiophene rings is 1. The average Bonchev–Trinajstić information content (AvgIpc) is 2.87. The Morgan fingerprint density at radius 1 is 1.56 bits per heavy atom. The highest BCUT2D eigenvalue weighted by Gasteiger charge is 2.11. The molecule has 0 bridgehead atoms. The van der Waals surface area contributed by atoms with E-state index in [1.54, 1.807) is 18.6 Å². The molecule has 0 fully saturated rings. The van der Waals surface area contributed by atoms with Gasteiger partial charge in [0.15, 0.2) is 0 Å². The molecule has 0 aliphatic rings. The number of hydrogen-bond acceptors (Lipinski definition) is 7. The summed E-state index contributed by atoms with van der Waals surface area (Å²) in [6.07, 6.45) is 0. The van der Waals surface area contributed by atoms with Gasteiger partial charge in [0, 0.05) is 11.4 Å².